The molecule has 9 heteroatoms. The Hall–Kier alpha value is -2.87. The van der Waals surface area contributed by atoms with Crippen LogP contribution in [0.5, 0.6) is 0 Å². The molecular weight excluding hydrogens is 454 g/mol. The highest BCUT2D eigenvalue weighted by Crippen LogP contribution is 2.45. The van der Waals surface area contributed by atoms with Gasteiger partial charge in [-0.25, -0.2) is 4.68 Å². The van der Waals surface area contributed by atoms with Crippen molar-refractivity contribution < 1.29 is 9.59 Å². The molecule has 1 aliphatic carbocycles. The summed E-state index contributed by atoms with van der Waals surface area (Å²) in [7, 11) is 0. The SMILES string of the molecule is CC[C@H]1C[C@@H](Nc2cnn(CC(=O)NCc3cccc(C(N)=O)c3)c(=O)c2Cl)C(C)CC1(C)C. The topological polar surface area (TPSA) is 119 Å². The van der Waals surface area contributed by atoms with Gasteiger partial charge in [0.15, 0.2) is 0 Å². The molecule has 2 aromatic rings. The number of amides is 2. The maximum absolute atomic E-state index is 12.8. The van der Waals surface area contributed by atoms with E-state index in [-0.39, 0.29) is 29.6 Å². The number of aromatic nitrogens is 2. The zero-order valence-electron chi connectivity index (χ0n) is 20.2. The van der Waals surface area contributed by atoms with E-state index in [4.69, 9.17) is 17.3 Å². The van der Waals surface area contributed by atoms with Gasteiger partial charge in [0, 0.05) is 18.2 Å². The lowest BCUT2D eigenvalue weighted by atomic mass is 9.63. The van der Waals surface area contributed by atoms with Gasteiger partial charge >= 0.3 is 0 Å². The maximum Gasteiger partial charge on any atom is 0.288 e. The van der Waals surface area contributed by atoms with E-state index in [2.05, 4.69) is 43.4 Å². The molecule has 1 heterocycles. The predicted octanol–water partition coefficient (Wildman–Crippen LogP) is 3.57. The first kappa shape index (κ1) is 25.7. The van der Waals surface area contributed by atoms with Crippen LogP contribution >= 0.6 is 11.6 Å². The molecule has 2 amide bonds. The predicted molar refractivity (Wildman–Crippen MR) is 134 cm³/mol. The molecule has 34 heavy (non-hydrogen) atoms. The number of halogens is 1. The Morgan fingerprint density at radius 2 is 2.06 bits per heavy atom. The number of anilines is 1. The molecular formula is C25H34ClN5O3. The second kappa shape index (κ2) is 10.6. The number of nitrogens with zero attached hydrogens (tertiary/aromatic N) is 2. The fourth-order valence-corrected chi connectivity index (χ4v) is 5.22. The molecule has 0 bridgehead atoms. The van der Waals surface area contributed by atoms with Crippen molar-refractivity contribution in [2.75, 3.05) is 5.32 Å². The fourth-order valence-electron chi connectivity index (χ4n) is 5.02. The third-order valence-electron chi connectivity index (χ3n) is 6.99. The van der Waals surface area contributed by atoms with Crippen molar-refractivity contribution in [1.82, 2.24) is 15.1 Å². The molecule has 0 saturated heterocycles. The quantitative estimate of drug-likeness (QED) is 0.525. The number of carbonyl (C=O) groups excluding carboxylic acids is 2. The van der Waals surface area contributed by atoms with Crippen LogP contribution in [-0.4, -0.2) is 27.6 Å². The summed E-state index contributed by atoms with van der Waals surface area (Å²) >= 11 is 6.38. The van der Waals surface area contributed by atoms with E-state index < -0.39 is 17.4 Å². The zero-order chi connectivity index (χ0) is 25.0. The van der Waals surface area contributed by atoms with Crippen LogP contribution in [-0.2, 0) is 17.9 Å². The van der Waals surface area contributed by atoms with Gasteiger partial charge in [0.05, 0.1) is 11.9 Å². The maximum atomic E-state index is 12.8. The van der Waals surface area contributed by atoms with E-state index in [0.29, 0.717) is 23.1 Å². The van der Waals surface area contributed by atoms with Crippen LogP contribution < -0.4 is 21.9 Å². The summed E-state index contributed by atoms with van der Waals surface area (Å²) in [5, 5.41) is 10.3. The van der Waals surface area contributed by atoms with Gasteiger partial charge in [0.25, 0.3) is 5.56 Å². The van der Waals surface area contributed by atoms with E-state index >= 15 is 0 Å². The third kappa shape index (κ3) is 5.97. The molecule has 1 saturated carbocycles. The number of nitrogens with two attached hydrogens (primary N) is 1. The molecule has 0 aliphatic heterocycles. The number of hydrogen-bond acceptors (Lipinski definition) is 5. The van der Waals surface area contributed by atoms with Crippen molar-refractivity contribution in [2.24, 2.45) is 23.0 Å². The van der Waals surface area contributed by atoms with Gasteiger partial charge < -0.3 is 16.4 Å². The van der Waals surface area contributed by atoms with E-state index in [0.717, 1.165) is 29.5 Å². The molecule has 1 aromatic carbocycles. The summed E-state index contributed by atoms with van der Waals surface area (Å²) < 4.78 is 1.05. The lowest BCUT2D eigenvalue weighted by Crippen LogP contribution is -2.43. The van der Waals surface area contributed by atoms with Gasteiger partial charge in [-0.3, -0.25) is 14.4 Å². The minimum atomic E-state index is -0.538. The number of rotatable bonds is 8. The summed E-state index contributed by atoms with van der Waals surface area (Å²) in [6.45, 7) is 9.01. The Kier molecular flexibility index (Phi) is 8.02. The monoisotopic (exact) mass is 487 g/mol. The summed E-state index contributed by atoms with van der Waals surface area (Å²) in [6, 6.07) is 6.88. The molecule has 1 unspecified atom stereocenters. The second-order valence-corrected chi connectivity index (χ2v) is 10.3. The molecule has 1 fully saturated rings. The average molecular weight is 488 g/mol. The van der Waals surface area contributed by atoms with Gasteiger partial charge in [0.2, 0.25) is 11.8 Å². The minimum Gasteiger partial charge on any atom is -0.379 e. The van der Waals surface area contributed by atoms with Crippen molar-refractivity contribution in [3.8, 4) is 0 Å². The highest BCUT2D eigenvalue weighted by molar-refractivity contribution is 6.32. The zero-order valence-corrected chi connectivity index (χ0v) is 21.0. The number of carbonyl (C=O) groups is 2. The molecule has 1 aliphatic rings. The molecule has 4 N–H and O–H groups in total. The van der Waals surface area contributed by atoms with E-state index in [1.54, 1.807) is 24.3 Å². The van der Waals surface area contributed by atoms with Gasteiger partial charge in [-0.2, -0.15) is 5.10 Å². The van der Waals surface area contributed by atoms with Crippen LogP contribution in [0.25, 0.3) is 0 Å². The Morgan fingerprint density at radius 1 is 1.32 bits per heavy atom. The van der Waals surface area contributed by atoms with Crippen LogP contribution in [0.1, 0.15) is 62.9 Å². The van der Waals surface area contributed by atoms with Crippen molar-refractivity contribution in [3.05, 3.63) is 57.0 Å². The van der Waals surface area contributed by atoms with Crippen molar-refractivity contribution in [1.29, 1.82) is 0 Å². The van der Waals surface area contributed by atoms with Crippen LogP contribution in [0.4, 0.5) is 5.69 Å². The minimum absolute atomic E-state index is 0.0297. The largest absolute Gasteiger partial charge is 0.379 e. The van der Waals surface area contributed by atoms with Crippen LogP contribution in [0.3, 0.4) is 0 Å². The van der Waals surface area contributed by atoms with Gasteiger partial charge in [-0.05, 0) is 47.8 Å². The average Bonchev–Trinajstić information content (AvgIpc) is 2.78. The fraction of sp³-hybridized carbons (Fsp3) is 0.520. The van der Waals surface area contributed by atoms with Crippen LogP contribution in [0, 0.1) is 17.3 Å². The third-order valence-corrected chi connectivity index (χ3v) is 7.36. The summed E-state index contributed by atoms with van der Waals surface area (Å²) in [5.41, 5.74) is 6.63. The first-order valence-corrected chi connectivity index (χ1v) is 12.1. The number of nitrogens with one attached hydrogen (secondary N) is 2. The van der Waals surface area contributed by atoms with Crippen molar-refractivity contribution in [2.45, 2.75) is 66.1 Å². The Labute approximate surface area is 205 Å². The van der Waals surface area contributed by atoms with Gasteiger partial charge in [-0.1, -0.05) is 57.8 Å². The first-order valence-electron chi connectivity index (χ1n) is 11.7. The van der Waals surface area contributed by atoms with Gasteiger partial charge in [-0.15, -0.1) is 0 Å². The van der Waals surface area contributed by atoms with Gasteiger partial charge in [0.1, 0.15) is 11.6 Å². The van der Waals surface area contributed by atoms with Crippen LogP contribution in [0.15, 0.2) is 35.3 Å². The molecule has 3 atom stereocenters. The summed E-state index contributed by atoms with van der Waals surface area (Å²) in [4.78, 5) is 36.4. The summed E-state index contributed by atoms with van der Waals surface area (Å²) in [5.74, 6) is 0.0735. The first-order chi connectivity index (χ1) is 16.0. The lowest BCUT2D eigenvalue weighted by Gasteiger charge is -2.46. The Balaban J connectivity index is 1.64. The highest BCUT2D eigenvalue weighted by Gasteiger charge is 2.39. The molecule has 0 radical (unpaired) electrons. The van der Waals surface area contributed by atoms with E-state index in [1.165, 1.54) is 6.20 Å². The molecule has 184 valence electrons. The van der Waals surface area contributed by atoms with Crippen molar-refractivity contribution >= 4 is 29.1 Å². The number of hydrogen-bond donors (Lipinski definition) is 3. The van der Waals surface area contributed by atoms with Crippen LogP contribution in [0.2, 0.25) is 5.02 Å². The van der Waals surface area contributed by atoms with E-state index in [9.17, 15) is 14.4 Å². The molecule has 1 aromatic heterocycles. The van der Waals surface area contributed by atoms with Crippen molar-refractivity contribution in [3.63, 3.8) is 0 Å². The highest BCUT2D eigenvalue weighted by atomic mass is 35.5. The summed E-state index contributed by atoms with van der Waals surface area (Å²) in [6.07, 6.45) is 4.71. The normalized spacial score (nSPS) is 21.6. The molecule has 0 spiro atoms. The van der Waals surface area contributed by atoms with E-state index in [1.807, 2.05) is 0 Å². The standard InChI is InChI=1S/C25H34ClN5O3/c1-5-18-10-19(15(2)11-25(18,3)4)30-20-13-29-31(24(34)22(20)26)14-21(32)28-12-16-7-6-8-17(9-16)23(27)33/h6-9,13,15,18-19,30H,5,10-12,14H2,1-4H3,(H2,27,33)(H,28,32)/t15?,18-,19+/m0/s1. The Bertz CT molecular complexity index is 1110. The second-order valence-electron chi connectivity index (χ2n) is 9.94. The molecule has 8 nitrogen and oxygen atoms in total. The number of primary amides is 1. The lowest BCUT2D eigenvalue weighted by molar-refractivity contribution is -0.122. The Morgan fingerprint density at radius 3 is 2.74 bits per heavy atom. The smallest absolute Gasteiger partial charge is 0.288 e. The molecule has 3 rings (SSSR count). The number of benzene rings is 1.